The van der Waals surface area contributed by atoms with Crippen molar-refractivity contribution in [3.05, 3.63) is 35.9 Å². The van der Waals surface area contributed by atoms with Gasteiger partial charge in [0.15, 0.2) is 9.84 Å². The molecule has 0 bridgehead atoms. The lowest BCUT2D eigenvalue weighted by Gasteiger charge is -2.29. The summed E-state index contributed by atoms with van der Waals surface area (Å²) in [6.45, 7) is 0. The van der Waals surface area contributed by atoms with Crippen LogP contribution in [0.15, 0.2) is 30.3 Å². The Morgan fingerprint density at radius 3 is 2.43 bits per heavy atom. The molecule has 1 aliphatic heterocycles. The maximum absolute atomic E-state index is 12.1. The van der Waals surface area contributed by atoms with Crippen LogP contribution >= 0.6 is 34.8 Å². The van der Waals surface area contributed by atoms with Crippen LogP contribution in [0.5, 0.6) is 0 Å². The second-order valence-corrected chi connectivity index (χ2v) is 10.1. The Labute approximate surface area is 150 Å². The number of nitrogens with one attached hydrogen (secondary N) is 2. The standard InChI is InChI=1S/C14H17Cl3N2O3S/c15-14(16,17)13(18-11-6-7-23(21,22)9-11)19-12(20)8-10-4-2-1-3-5-10/h1-5,11,13,18H,6-9H2,(H,19,20)/t11-,13-/m0/s1. The molecule has 5 nitrogen and oxygen atoms in total. The van der Waals surface area contributed by atoms with Gasteiger partial charge >= 0.3 is 0 Å². The molecule has 2 atom stereocenters. The van der Waals surface area contributed by atoms with Gasteiger partial charge in [0.2, 0.25) is 9.70 Å². The molecule has 128 valence electrons. The number of benzene rings is 1. The van der Waals surface area contributed by atoms with Gasteiger partial charge in [0, 0.05) is 6.04 Å². The molecule has 0 aromatic heterocycles. The Bertz CT molecular complexity index is 647. The first-order valence-corrected chi connectivity index (χ1v) is 9.98. The summed E-state index contributed by atoms with van der Waals surface area (Å²) in [4.78, 5) is 12.1. The Balaban J connectivity index is 1.97. The van der Waals surface area contributed by atoms with Gasteiger partial charge in [0.05, 0.1) is 17.9 Å². The van der Waals surface area contributed by atoms with Gasteiger partial charge in [-0.1, -0.05) is 65.1 Å². The van der Waals surface area contributed by atoms with Gasteiger partial charge in [-0.25, -0.2) is 8.42 Å². The highest BCUT2D eigenvalue weighted by atomic mass is 35.6. The van der Waals surface area contributed by atoms with Gasteiger partial charge < -0.3 is 5.32 Å². The molecule has 1 aromatic carbocycles. The molecule has 1 aromatic rings. The van der Waals surface area contributed by atoms with Crippen molar-refractivity contribution in [3.63, 3.8) is 0 Å². The van der Waals surface area contributed by atoms with E-state index in [0.29, 0.717) is 6.42 Å². The summed E-state index contributed by atoms with van der Waals surface area (Å²) >= 11 is 17.7. The third-order valence-corrected chi connectivity index (χ3v) is 5.90. The minimum atomic E-state index is -3.07. The van der Waals surface area contributed by atoms with Crippen molar-refractivity contribution in [2.75, 3.05) is 11.5 Å². The molecular weight excluding hydrogens is 383 g/mol. The van der Waals surface area contributed by atoms with Gasteiger partial charge in [-0.15, -0.1) is 0 Å². The third kappa shape index (κ3) is 6.12. The lowest BCUT2D eigenvalue weighted by atomic mass is 10.1. The van der Waals surface area contributed by atoms with E-state index in [1.54, 1.807) is 0 Å². The van der Waals surface area contributed by atoms with E-state index in [1.807, 2.05) is 30.3 Å². The van der Waals surface area contributed by atoms with Crippen molar-refractivity contribution in [2.45, 2.75) is 28.8 Å². The predicted molar refractivity (Wildman–Crippen MR) is 92.6 cm³/mol. The van der Waals surface area contributed by atoms with E-state index in [1.165, 1.54) is 0 Å². The fraction of sp³-hybridized carbons (Fsp3) is 0.500. The third-order valence-electron chi connectivity index (χ3n) is 3.47. The Hall–Kier alpha value is -0.530. The molecule has 9 heteroatoms. The Kier molecular flexibility index (Phi) is 6.19. The first kappa shape index (κ1) is 18.8. The number of amides is 1. The second-order valence-electron chi connectivity index (χ2n) is 5.47. The summed E-state index contributed by atoms with van der Waals surface area (Å²) < 4.78 is 21.2. The zero-order valence-corrected chi connectivity index (χ0v) is 15.2. The molecule has 0 saturated carbocycles. The minimum Gasteiger partial charge on any atom is -0.336 e. The van der Waals surface area contributed by atoms with Crippen molar-refractivity contribution in [1.82, 2.24) is 10.6 Å². The van der Waals surface area contributed by atoms with Crippen LogP contribution in [0.2, 0.25) is 0 Å². The van der Waals surface area contributed by atoms with E-state index in [4.69, 9.17) is 34.8 Å². The van der Waals surface area contributed by atoms with E-state index in [9.17, 15) is 13.2 Å². The number of alkyl halides is 3. The van der Waals surface area contributed by atoms with E-state index < -0.39 is 19.8 Å². The smallest absolute Gasteiger partial charge is 0.225 e. The van der Waals surface area contributed by atoms with Gasteiger partial charge in [-0.3, -0.25) is 10.1 Å². The van der Waals surface area contributed by atoms with E-state index in [2.05, 4.69) is 10.6 Å². The largest absolute Gasteiger partial charge is 0.336 e. The molecule has 0 aliphatic carbocycles. The molecule has 1 fully saturated rings. The summed E-state index contributed by atoms with van der Waals surface area (Å²) in [5, 5.41) is 5.54. The number of hydrogen-bond donors (Lipinski definition) is 2. The molecule has 1 aliphatic rings. The van der Waals surface area contributed by atoms with Crippen LogP contribution in [0.4, 0.5) is 0 Å². The zero-order valence-electron chi connectivity index (χ0n) is 12.1. The average Bonchev–Trinajstić information content (AvgIpc) is 2.77. The van der Waals surface area contributed by atoms with E-state index in [0.717, 1.165) is 5.56 Å². The molecular formula is C14H17Cl3N2O3S. The van der Waals surface area contributed by atoms with Crippen LogP contribution in [0, 0.1) is 0 Å². The minimum absolute atomic E-state index is 0.0290. The summed E-state index contributed by atoms with van der Waals surface area (Å²) in [5.41, 5.74) is 0.830. The Morgan fingerprint density at radius 2 is 1.91 bits per heavy atom. The van der Waals surface area contributed by atoms with Gasteiger partial charge in [0.25, 0.3) is 0 Å². The number of carbonyl (C=O) groups is 1. The maximum atomic E-state index is 12.1. The maximum Gasteiger partial charge on any atom is 0.225 e. The van der Waals surface area contributed by atoms with Crippen LogP contribution in [-0.2, 0) is 21.1 Å². The number of halogens is 3. The van der Waals surface area contributed by atoms with Gasteiger partial charge in [0.1, 0.15) is 6.17 Å². The van der Waals surface area contributed by atoms with E-state index in [-0.39, 0.29) is 29.9 Å². The van der Waals surface area contributed by atoms with Crippen molar-refractivity contribution in [1.29, 1.82) is 0 Å². The Morgan fingerprint density at radius 1 is 1.26 bits per heavy atom. The number of carbonyl (C=O) groups excluding carboxylic acids is 1. The van der Waals surface area contributed by atoms with Crippen LogP contribution in [0.25, 0.3) is 0 Å². The lowest BCUT2D eigenvalue weighted by Crippen LogP contribution is -2.57. The van der Waals surface area contributed by atoms with Crippen LogP contribution in [0.1, 0.15) is 12.0 Å². The summed E-state index contributed by atoms with van der Waals surface area (Å²) in [6, 6.07) is 8.81. The summed E-state index contributed by atoms with van der Waals surface area (Å²) in [6.07, 6.45) is -0.404. The number of rotatable bonds is 5. The van der Waals surface area contributed by atoms with Crippen molar-refractivity contribution < 1.29 is 13.2 Å². The monoisotopic (exact) mass is 398 g/mol. The van der Waals surface area contributed by atoms with E-state index >= 15 is 0 Å². The molecule has 0 spiro atoms. The number of hydrogen-bond acceptors (Lipinski definition) is 4. The molecule has 1 amide bonds. The molecule has 0 unspecified atom stereocenters. The number of sulfone groups is 1. The fourth-order valence-electron chi connectivity index (χ4n) is 2.37. The fourth-order valence-corrected chi connectivity index (χ4v) is 4.41. The molecule has 1 heterocycles. The van der Waals surface area contributed by atoms with Crippen LogP contribution in [-0.4, -0.2) is 41.8 Å². The highest BCUT2D eigenvalue weighted by molar-refractivity contribution is 7.91. The highest BCUT2D eigenvalue weighted by Crippen LogP contribution is 2.30. The van der Waals surface area contributed by atoms with Crippen LogP contribution in [0.3, 0.4) is 0 Å². The normalized spacial score (nSPS) is 21.8. The van der Waals surface area contributed by atoms with Crippen molar-refractivity contribution in [2.24, 2.45) is 0 Å². The first-order chi connectivity index (χ1) is 10.7. The summed E-state index contributed by atoms with van der Waals surface area (Å²) in [7, 11) is -3.07. The van der Waals surface area contributed by atoms with Crippen LogP contribution < -0.4 is 10.6 Å². The van der Waals surface area contributed by atoms with Gasteiger partial charge in [-0.2, -0.15) is 0 Å². The summed E-state index contributed by atoms with van der Waals surface area (Å²) in [5.74, 6) is -0.255. The quantitative estimate of drug-likeness (QED) is 0.585. The van der Waals surface area contributed by atoms with Gasteiger partial charge in [-0.05, 0) is 12.0 Å². The van der Waals surface area contributed by atoms with Crippen molar-refractivity contribution in [3.8, 4) is 0 Å². The molecule has 2 rings (SSSR count). The first-order valence-electron chi connectivity index (χ1n) is 7.02. The topological polar surface area (TPSA) is 75.3 Å². The lowest BCUT2D eigenvalue weighted by molar-refractivity contribution is -0.121. The average molecular weight is 400 g/mol. The second kappa shape index (κ2) is 7.57. The predicted octanol–water partition coefficient (Wildman–Crippen LogP) is 1.82. The molecule has 23 heavy (non-hydrogen) atoms. The van der Waals surface area contributed by atoms with Crippen molar-refractivity contribution >= 4 is 50.5 Å². The highest BCUT2D eigenvalue weighted by Gasteiger charge is 2.38. The molecule has 1 saturated heterocycles. The molecule has 2 N–H and O–H groups in total. The SMILES string of the molecule is O=C(Cc1ccccc1)N[C@H](N[C@H]1CCS(=O)(=O)C1)C(Cl)(Cl)Cl. The zero-order chi connectivity index (χ0) is 17.1. The molecule has 0 radical (unpaired) electrons.